The smallest absolute Gasteiger partial charge is 0.150 e. The highest BCUT2D eigenvalue weighted by atomic mass is 16.5. The van der Waals surface area contributed by atoms with Crippen molar-refractivity contribution in [3.63, 3.8) is 0 Å². The van der Waals surface area contributed by atoms with Crippen LogP contribution in [-0.2, 0) is 6.54 Å². The van der Waals surface area contributed by atoms with Crippen LogP contribution in [0.25, 0.3) is 0 Å². The number of ether oxygens (including phenoxy) is 1. The van der Waals surface area contributed by atoms with E-state index in [1.165, 1.54) is 0 Å². The van der Waals surface area contributed by atoms with Gasteiger partial charge in [0, 0.05) is 25.2 Å². The molecule has 1 saturated heterocycles. The van der Waals surface area contributed by atoms with Crippen molar-refractivity contribution in [3.8, 4) is 5.75 Å². The van der Waals surface area contributed by atoms with Gasteiger partial charge in [-0.15, -0.1) is 0 Å². The summed E-state index contributed by atoms with van der Waals surface area (Å²) >= 11 is 0. The van der Waals surface area contributed by atoms with Gasteiger partial charge in [0.1, 0.15) is 18.1 Å². The van der Waals surface area contributed by atoms with Crippen molar-refractivity contribution in [1.82, 2.24) is 4.90 Å². The summed E-state index contributed by atoms with van der Waals surface area (Å²) in [6, 6.07) is 17.8. The molecule has 0 aromatic heterocycles. The highest BCUT2D eigenvalue weighted by Gasteiger charge is 2.21. The number of hydrogen-bond acceptors (Lipinski definition) is 3. The second-order valence-electron chi connectivity index (χ2n) is 5.72. The minimum atomic E-state index is 0.292. The van der Waals surface area contributed by atoms with Crippen molar-refractivity contribution in [2.75, 3.05) is 13.1 Å². The summed E-state index contributed by atoms with van der Waals surface area (Å²) in [5.41, 5.74) is 1.91. The van der Waals surface area contributed by atoms with Gasteiger partial charge in [0.2, 0.25) is 0 Å². The average Bonchev–Trinajstić information content (AvgIpc) is 2.58. The van der Waals surface area contributed by atoms with E-state index >= 15 is 0 Å². The zero-order chi connectivity index (χ0) is 15.2. The first-order valence-electron chi connectivity index (χ1n) is 7.82. The van der Waals surface area contributed by atoms with Crippen LogP contribution < -0.4 is 4.74 Å². The highest BCUT2D eigenvalue weighted by Crippen LogP contribution is 2.20. The van der Waals surface area contributed by atoms with Crippen LogP contribution in [0.5, 0.6) is 5.75 Å². The first kappa shape index (κ1) is 14.8. The first-order chi connectivity index (χ1) is 10.8. The fourth-order valence-corrected chi connectivity index (χ4v) is 2.91. The standard InChI is InChI=1S/C19H21NO2/c21-15-17-7-5-4-6-16(17)14-20-12-10-19(11-13-20)22-18-8-2-1-3-9-18/h1-9,15,19H,10-14H2. The molecule has 1 aliphatic heterocycles. The van der Waals surface area contributed by atoms with Gasteiger partial charge in [0.25, 0.3) is 0 Å². The lowest BCUT2D eigenvalue weighted by atomic mass is 10.0. The molecule has 0 atom stereocenters. The molecule has 2 aromatic rings. The maximum absolute atomic E-state index is 11.1. The van der Waals surface area contributed by atoms with Crippen LogP contribution in [0.2, 0.25) is 0 Å². The summed E-state index contributed by atoms with van der Waals surface area (Å²) in [6.07, 6.45) is 3.29. The third kappa shape index (κ3) is 3.74. The predicted molar refractivity (Wildman–Crippen MR) is 87.2 cm³/mol. The minimum absolute atomic E-state index is 0.292. The normalized spacial score (nSPS) is 16.4. The predicted octanol–water partition coefficient (Wildman–Crippen LogP) is 3.54. The molecule has 3 rings (SSSR count). The zero-order valence-electron chi connectivity index (χ0n) is 12.7. The van der Waals surface area contributed by atoms with E-state index in [0.717, 1.165) is 55.6 Å². The molecule has 0 saturated carbocycles. The molecule has 0 aliphatic carbocycles. The van der Waals surface area contributed by atoms with Crippen molar-refractivity contribution < 1.29 is 9.53 Å². The number of nitrogens with zero attached hydrogens (tertiary/aromatic N) is 1. The van der Waals surface area contributed by atoms with Gasteiger partial charge in [0.05, 0.1) is 0 Å². The molecule has 114 valence electrons. The van der Waals surface area contributed by atoms with E-state index in [1.807, 2.05) is 54.6 Å². The van der Waals surface area contributed by atoms with Gasteiger partial charge >= 0.3 is 0 Å². The summed E-state index contributed by atoms with van der Waals surface area (Å²) in [5.74, 6) is 0.951. The van der Waals surface area contributed by atoms with Crippen LogP contribution in [0.15, 0.2) is 54.6 Å². The Labute approximate surface area is 131 Å². The number of para-hydroxylation sites is 1. The first-order valence-corrected chi connectivity index (χ1v) is 7.82. The van der Waals surface area contributed by atoms with Crippen LogP contribution in [0.1, 0.15) is 28.8 Å². The topological polar surface area (TPSA) is 29.5 Å². The Kier molecular flexibility index (Phi) is 4.86. The summed E-state index contributed by atoms with van der Waals surface area (Å²) in [6.45, 7) is 2.85. The Morgan fingerprint density at radius 1 is 1.00 bits per heavy atom. The molecular formula is C19H21NO2. The van der Waals surface area contributed by atoms with E-state index in [0.29, 0.717) is 6.10 Å². The van der Waals surface area contributed by atoms with E-state index < -0.39 is 0 Å². The summed E-state index contributed by atoms with van der Waals surface area (Å²) in [5, 5.41) is 0. The maximum Gasteiger partial charge on any atom is 0.150 e. The molecule has 0 bridgehead atoms. The summed E-state index contributed by atoms with van der Waals surface area (Å²) in [4.78, 5) is 13.5. The van der Waals surface area contributed by atoms with E-state index in [1.54, 1.807) is 0 Å². The van der Waals surface area contributed by atoms with Crippen LogP contribution in [0.4, 0.5) is 0 Å². The van der Waals surface area contributed by atoms with Crippen molar-refractivity contribution in [2.45, 2.75) is 25.5 Å². The number of aldehydes is 1. The van der Waals surface area contributed by atoms with Crippen LogP contribution >= 0.6 is 0 Å². The van der Waals surface area contributed by atoms with Crippen molar-refractivity contribution in [1.29, 1.82) is 0 Å². The van der Waals surface area contributed by atoms with Crippen molar-refractivity contribution >= 4 is 6.29 Å². The summed E-state index contributed by atoms with van der Waals surface area (Å²) < 4.78 is 6.02. The third-order valence-electron chi connectivity index (χ3n) is 4.16. The van der Waals surface area contributed by atoms with Crippen molar-refractivity contribution in [2.24, 2.45) is 0 Å². The number of carbonyl (C=O) groups is 1. The molecule has 0 unspecified atom stereocenters. The van der Waals surface area contributed by atoms with Gasteiger partial charge in [-0.1, -0.05) is 42.5 Å². The quantitative estimate of drug-likeness (QED) is 0.790. The van der Waals surface area contributed by atoms with E-state index in [4.69, 9.17) is 4.74 Å². The molecule has 2 aromatic carbocycles. The second kappa shape index (κ2) is 7.23. The van der Waals surface area contributed by atoms with Crippen LogP contribution in [0.3, 0.4) is 0 Å². The number of carbonyl (C=O) groups excluding carboxylic acids is 1. The fourth-order valence-electron chi connectivity index (χ4n) is 2.91. The van der Waals surface area contributed by atoms with Gasteiger partial charge in [-0.3, -0.25) is 9.69 Å². The molecule has 0 N–H and O–H groups in total. The Bertz CT molecular complexity index is 604. The molecule has 1 aliphatic rings. The number of hydrogen-bond donors (Lipinski definition) is 0. The molecule has 3 heteroatoms. The Hall–Kier alpha value is -2.13. The Balaban J connectivity index is 1.52. The van der Waals surface area contributed by atoms with E-state index in [9.17, 15) is 4.79 Å². The monoisotopic (exact) mass is 295 g/mol. The Morgan fingerprint density at radius 2 is 1.68 bits per heavy atom. The van der Waals surface area contributed by atoms with Crippen LogP contribution in [0, 0.1) is 0 Å². The van der Waals surface area contributed by atoms with Gasteiger partial charge < -0.3 is 4.74 Å². The largest absolute Gasteiger partial charge is 0.490 e. The molecule has 0 radical (unpaired) electrons. The minimum Gasteiger partial charge on any atom is -0.490 e. The SMILES string of the molecule is O=Cc1ccccc1CN1CCC(Oc2ccccc2)CC1. The lowest BCUT2D eigenvalue weighted by Gasteiger charge is -2.32. The molecule has 3 nitrogen and oxygen atoms in total. The number of benzene rings is 2. The summed E-state index contributed by atoms with van der Waals surface area (Å²) in [7, 11) is 0. The molecule has 22 heavy (non-hydrogen) atoms. The molecular weight excluding hydrogens is 274 g/mol. The molecule has 1 fully saturated rings. The fraction of sp³-hybridized carbons (Fsp3) is 0.316. The second-order valence-corrected chi connectivity index (χ2v) is 5.72. The van der Waals surface area contributed by atoms with Crippen molar-refractivity contribution in [3.05, 3.63) is 65.7 Å². The number of likely N-dealkylation sites (tertiary alicyclic amines) is 1. The third-order valence-corrected chi connectivity index (χ3v) is 4.16. The number of rotatable bonds is 5. The maximum atomic E-state index is 11.1. The average molecular weight is 295 g/mol. The van der Waals surface area contributed by atoms with E-state index in [2.05, 4.69) is 4.90 Å². The zero-order valence-corrected chi connectivity index (χ0v) is 12.7. The number of piperidine rings is 1. The van der Waals surface area contributed by atoms with Gasteiger partial charge in [-0.2, -0.15) is 0 Å². The van der Waals surface area contributed by atoms with Crippen LogP contribution in [-0.4, -0.2) is 30.4 Å². The molecule has 1 heterocycles. The highest BCUT2D eigenvalue weighted by molar-refractivity contribution is 5.77. The van der Waals surface area contributed by atoms with E-state index in [-0.39, 0.29) is 0 Å². The molecule has 0 spiro atoms. The Morgan fingerprint density at radius 3 is 2.41 bits per heavy atom. The van der Waals surface area contributed by atoms with Gasteiger partial charge in [-0.05, 0) is 30.5 Å². The molecule has 0 amide bonds. The van der Waals surface area contributed by atoms with Gasteiger partial charge in [-0.25, -0.2) is 0 Å². The lowest BCUT2D eigenvalue weighted by molar-refractivity contribution is 0.0962. The lowest BCUT2D eigenvalue weighted by Crippen LogP contribution is -2.37. The van der Waals surface area contributed by atoms with Gasteiger partial charge in [0.15, 0.2) is 0 Å².